The molecule has 0 spiro atoms. The largest absolute Gasteiger partial charge is 0.332 e. The summed E-state index contributed by atoms with van der Waals surface area (Å²) in [5, 5.41) is 4.46. The molecule has 13 heteroatoms. The van der Waals surface area contributed by atoms with Gasteiger partial charge in [-0.3, -0.25) is 9.59 Å². The number of piperazine rings is 1. The van der Waals surface area contributed by atoms with Crippen molar-refractivity contribution in [3.63, 3.8) is 0 Å². The molecule has 1 aliphatic carbocycles. The fourth-order valence-electron chi connectivity index (χ4n) is 5.24. The van der Waals surface area contributed by atoms with Crippen molar-refractivity contribution in [1.29, 1.82) is 0 Å². The zero-order chi connectivity index (χ0) is 32.8. The van der Waals surface area contributed by atoms with Crippen LogP contribution in [0.5, 0.6) is 0 Å². The van der Waals surface area contributed by atoms with E-state index in [0.717, 1.165) is 10.5 Å². The number of hydrogen-bond acceptors (Lipinski definition) is 6. The van der Waals surface area contributed by atoms with Crippen LogP contribution >= 0.6 is 46.8 Å². The van der Waals surface area contributed by atoms with Crippen LogP contribution in [0.15, 0.2) is 47.4 Å². The van der Waals surface area contributed by atoms with E-state index in [9.17, 15) is 18.4 Å². The number of carbonyl (C=O) groups is 3. The predicted molar refractivity (Wildman–Crippen MR) is 176 cm³/mol. The maximum absolute atomic E-state index is 13.5. The minimum absolute atomic E-state index is 0.0410. The second-order valence-electron chi connectivity index (χ2n) is 10.1. The van der Waals surface area contributed by atoms with Crippen LogP contribution in [0.3, 0.4) is 0 Å². The van der Waals surface area contributed by atoms with Crippen molar-refractivity contribution in [2.45, 2.75) is 81.9 Å². The fraction of sp³-hybridized carbons (Fsp3) is 0.516. The Hall–Kier alpha value is -1.95. The van der Waals surface area contributed by atoms with Gasteiger partial charge in [0, 0.05) is 27.9 Å². The monoisotopic (exact) mass is 692 g/mol. The highest BCUT2D eigenvalue weighted by Crippen LogP contribution is 2.38. The minimum Gasteiger partial charge on any atom is -0.332 e. The first-order chi connectivity index (χ1) is 21.2. The Morgan fingerprint density at radius 1 is 0.909 bits per heavy atom. The highest BCUT2D eigenvalue weighted by Gasteiger charge is 2.51. The van der Waals surface area contributed by atoms with E-state index in [1.165, 1.54) is 49.0 Å². The van der Waals surface area contributed by atoms with Crippen LogP contribution < -0.4 is 5.32 Å². The molecule has 2 amide bonds. The van der Waals surface area contributed by atoms with Gasteiger partial charge in [-0.05, 0) is 54.9 Å². The summed E-state index contributed by atoms with van der Waals surface area (Å²) in [4.78, 5) is 38.2. The molecule has 44 heavy (non-hydrogen) atoms. The van der Waals surface area contributed by atoms with E-state index in [-0.39, 0.29) is 18.9 Å². The number of likely N-dealkylation sites (N-methyl/N-ethyl adjacent to an activating group) is 1. The van der Waals surface area contributed by atoms with Crippen LogP contribution in [-0.2, 0) is 20.8 Å². The van der Waals surface area contributed by atoms with Crippen LogP contribution in [0.25, 0.3) is 0 Å². The lowest BCUT2D eigenvalue weighted by atomic mass is 9.97. The Morgan fingerprint density at radius 3 is 2.00 bits per heavy atom. The van der Waals surface area contributed by atoms with Gasteiger partial charge in [-0.15, -0.1) is 0 Å². The van der Waals surface area contributed by atoms with Gasteiger partial charge >= 0.3 is 0 Å². The molecule has 7 nitrogen and oxygen atoms in total. The molecule has 5 rings (SSSR count). The maximum atomic E-state index is 13.5. The Kier molecular flexibility index (Phi) is 17.0. The second-order valence-corrected chi connectivity index (χ2v) is 12.5. The third-order valence-corrected chi connectivity index (χ3v) is 9.38. The SMILES string of the molecule is C1CCCC1.C=O.CC.CNC1CN(Sc2ccc(Cl)cc2Cl)C2CN(CC(F)F)C(=O)C(Cc3ccc(Cl)cc3)N2C1=O. The number of fused-ring (bicyclic) bond motifs is 1. The predicted octanol–water partition coefficient (Wildman–Crippen LogP) is 7.22. The molecule has 3 atom stereocenters. The van der Waals surface area contributed by atoms with Crippen LogP contribution in [0.2, 0.25) is 15.1 Å². The summed E-state index contributed by atoms with van der Waals surface area (Å²) in [6.07, 6.45) is 4.35. The second kappa shape index (κ2) is 19.5. The van der Waals surface area contributed by atoms with Gasteiger partial charge in [0.15, 0.2) is 0 Å². The van der Waals surface area contributed by atoms with E-state index in [1.54, 1.807) is 49.5 Å². The van der Waals surface area contributed by atoms with Gasteiger partial charge in [0.25, 0.3) is 6.43 Å². The van der Waals surface area contributed by atoms with Gasteiger partial charge in [-0.25, -0.2) is 13.1 Å². The van der Waals surface area contributed by atoms with Crippen LogP contribution in [-0.4, -0.2) is 84.1 Å². The van der Waals surface area contributed by atoms with Gasteiger partial charge in [0.05, 0.1) is 18.1 Å². The molecular formula is C31H41Cl3F2N4O3S. The van der Waals surface area contributed by atoms with Crippen LogP contribution in [0.4, 0.5) is 8.78 Å². The number of amides is 2. The molecule has 1 saturated carbocycles. The molecule has 2 saturated heterocycles. The van der Waals surface area contributed by atoms with E-state index >= 15 is 0 Å². The Bertz CT molecular complexity index is 1190. The van der Waals surface area contributed by atoms with E-state index in [2.05, 4.69) is 5.32 Å². The summed E-state index contributed by atoms with van der Waals surface area (Å²) >= 11 is 19.7. The van der Waals surface area contributed by atoms with Crippen molar-refractivity contribution in [3.8, 4) is 0 Å². The minimum atomic E-state index is -2.70. The lowest BCUT2D eigenvalue weighted by molar-refractivity contribution is -0.168. The number of nitrogens with zero attached hydrogens (tertiary/aromatic N) is 3. The van der Waals surface area contributed by atoms with Gasteiger partial charge < -0.3 is 19.9 Å². The standard InChI is InChI=1S/C23H23Cl3F2N4O2S.C5H10.C2H6.CH2O/c1-29-17-10-31(35-19-7-6-15(25)9-16(19)26)21-12-30(11-20(27)28)23(34)18(32(21)22(17)33)8-13-2-4-14(24)5-3-13;1-2-4-5-3-1;2*1-2/h2-7,9,17-18,20-21,29H,8,10-12H2,1H3;1-5H2;1-2H3;1H2. The average molecular weight is 694 g/mol. The van der Waals surface area contributed by atoms with Gasteiger partial charge in [0.2, 0.25) is 11.8 Å². The molecule has 0 aromatic heterocycles. The van der Waals surface area contributed by atoms with Crippen molar-refractivity contribution < 1.29 is 23.2 Å². The lowest BCUT2D eigenvalue weighted by Crippen LogP contribution is -2.74. The third kappa shape index (κ3) is 10.6. The fourth-order valence-corrected chi connectivity index (χ4v) is 6.91. The zero-order valence-electron chi connectivity index (χ0n) is 25.3. The smallest absolute Gasteiger partial charge is 0.255 e. The Morgan fingerprint density at radius 2 is 1.48 bits per heavy atom. The van der Waals surface area contributed by atoms with E-state index in [0.29, 0.717) is 26.5 Å². The summed E-state index contributed by atoms with van der Waals surface area (Å²) in [7, 11) is 1.67. The number of carbonyl (C=O) groups excluding carboxylic acids is 3. The molecule has 2 aromatic rings. The normalized spacial score (nSPS) is 21.4. The van der Waals surface area contributed by atoms with Gasteiger partial charge in [0.1, 0.15) is 25.0 Å². The van der Waals surface area contributed by atoms with Crippen molar-refractivity contribution >= 4 is 65.4 Å². The third-order valence-electron chi connectivity index (χ3n) is 7.29. The highest BCUT2D eigenvalue weighted by atomic mass is 35.5. The molecule has 0 radical (unpaired) electrons. The van der Waals surface area contributed by atoms with Crippen LogP contribution in [0, 0.1) is 0 Å². The zero-order valence-corrected chi connectivity index (χ0v) is 28.4. The number of alkyl halides is 2. The quantitative estimate of drug-likeness (QED) is 0.309. The van der Waals surface area contributed by atoms with Crippen molar-refractivity contribution in [3.05, 3.63) is 63.1 Å². The van der Waals surface area contributed by atoms with Gasteiger partial charge in [-0.1, -0.05) is 92.9 Å². The first kappa shape index (κ1) is 38.2. The number of nitrogens with one attached hydrogen (secondary N) is 1. The molecule has 1 N–H and O–H groups in total. The molecule has 3 fully saturated rings. The summed E-state index contributed by atoms with van der Waals surface area (Å²) in [6.45, 7) is 5.55. The summed E-state index contributed by atoms with van der Waals surface area (Å²) in [6, 6.07) is 10.5. The maximum Gasteiger partial charge on any atom is 0.255 e. The molecule has 3 unspecified atom stereocenters. The highest BCUT2D eigenvalue weighted by molar-refractivity contribution is 7.97. The number of rotatable bonds is 7. The Balaban J connectivity index is 0.000000660. The summed E-state index contributed by atoms with van der Waals surface area (Å²) in [5.74, 6) is -0.753. The van der Waals surface area contributed by atoms with Crippen LogP contribution in [0.1, 0.15) is 51.5 Å². The molecule has 3 aliphatic rings. The molecule has 0 bridgehead atoms. The first-order valence-electron chi connectivity index (χ1n) is 14.7. The number of halogens is 5. The average Bonchev–Trinajstić information content (AvgIpc) is 3.61. The molecule has 2 aromatic carbocycles. The molecule has 2 aliphatic heterocycles. The number of hydrogen-bond donors (Lipinski definition) is 1. The van der Waals surface area contributed by atoms with Crippen molar-refractivity contribution in [2.24, 2.45) is 0 Å². The topological polar surface area (TPSA) is 73.0 Å². The van der Waals surface area contributed by atoms with E-state index < -0.39 is 37.1 Å². The molecule has 244 valence electrons. The summed E-state index contributed by atoms with van der Waals surface area (Å²) in [5.41, 5.74) is 0.768. The van der Waals surface area contributed by atoms with Crippen molar-refractivity contribution in [1.82, 2.24) is 19.4 Å². The van der Waals surface area contributed by atoms with E-state index in [1.807, 2.05) is 24.9 Å². The Labute approximate surface area is 278 Å². The van der Waals surface area contributed by atoms with Crippen molar-refractivity contribution in [2.75, 3.05) is 26.7 Å². The van der Waals surface area contributed by atoms with Gasteiger partial charge in [-0.2, -0.15) is 0 Å². The van der Waals surface area contributed by atoms with E-state index in [4.69, 9.17) is 39.6 Å². The first-order valence-corrected chi connectivity index (χ1v) is 16.6. The molecule has 2 heterocycles. The lowest BCUT2D eigenvalue weighted by Gasteiger charge is -2.53. The summed E-state index contributed by atoms with van der Waals surface area (Å²) < 4.78 is 28.7. The number of benzene rings is 2. The molecular weight excluding hydrogens is 653 g/mol.